The summed E-state index contributed by atoms with van der Waals surface area (Å²) in [6.07, 6.45) is 0. The zero-order chi connectivity index (χ0) is 11.3. The van der Waals surface area contributed by atoms with Crippen molar-refractivity contribution in [1.29, 1.82) is 0 Å². The minimum atomic E-state index is -0.356. The number of nitrogens with two attached hydrogens (primary N) is 1. The van der Waals surface area contributed by atoms with Crippen LogP contribution < -0.4 is 10.5 Å². The van der Waals surface area contributed by atoms with Gasteiger partial charge in [0.05, 0.1) is 12.7 Å². The van der Waals surface area contributed by atoms with Crippen LogP contribution in [0.25, 0.3) is 0 Å². The molecule has 0 bridgehead atoms. The van der Waals surface area contributed by atoms with Gasteiger partial charge >= 0.3 is 5.97 Å². The molecule has 0 unspecified atom stereocenters. The van der Waals surface area contributed by atoms with Crippen LogP contribution in [0.3, 0.4) is 0 Å². The summed E-state index contributed by atoms with van der Waals surface area (Å²) in [4.78, 5) is 11.4. The first-order valence-electron chi connectivity index (χ1n) is 4.71. The average molecular weight is 209 g/mol. The highest BCUT2D eigenvalue weighted by atomic mass is 16.5. The zero-order valence-corrected chi connectivity index (χ0v) is 8.95. The molecule has 0 amide bonds. The van der Waals surface area contributed by atoms with Crippen molar-refractivity contribution >= 4 is 5.97 Å². The number of carbonyl (C=O) groups is 1. The van der Waals surface area contributed by atoms with Crippen LogP contribution in [0.5, 0.6) is 5.75 Å². The van der Waals surface area contributed by atoms with Crippen molar-refractivity contribution in [3.8, 4) is 5.75 Å². The molecule has 15 heavy (non-hydrogen) atoms. The minimum absolute atomic E-state index is 0.356. The average Bonchev–Trinajstić information content (AvgIpc) is 2.27. The van der Waals surface area contributed by atoms with E-state index in [1.165, 1.54) is 7.11 Å². The van der Waals surface area contributed by atoms with Crippen molar-refractivity contribution in [3.63, 3.8) is 0 Å². The van der Waals surface area contributed by atoms with Crippen molar-refractivity contribution in [2.24, 2.45) is 5.73 Å². The Hall–Kier alpha value is -1.55. The van der Waals surface area contributed by atoms with Gasteiger partial charge in [-0.1, -0.05) is 6.07 Å². The molecule has 4 nitrogen and oxygen atoms in total. The molecule has 0 saturated heterocycles. The second-order valence-corrected chi connectivity index (χ2v) is 3.11. The number of methoxy groups -OCH3 is 1. The van der Waals surface area contributed by atoms with E-state index in [-0.39, 0.29) is 5.97 Å². The predicted molar refractivity (Wildman–Crippen MR) is 57.1 cm³/mol. The van der Waals surface area contributed by atoms with Gasteiger partial charge in [-0.05, 0) is 24.6 Å². The van der Waals surface area contributed by atoms with Gasteiger partial charge in [0.1, 0.15) is 12.4 Å². The summed E-state index contributed by atoms with van der Waals surface area (Å²) in [6, 6.07) is 5.28. The molecule has 1 rings (SSSR count). The fourth-order valence-electron chi connectivity index (χ4n) is 1.20. The van der Waals surface area contributed by atoms with E-state index < -0.39 is 0 Å². The van der Waals surface area contributed by atoms with E-state index in [1.54, 1.807) is 12.1 Å². The van der Waals surface area contributed by atoms with Gasteiger partial charge in [0, 0.05) is 6.54 Å². The first kappa shape index (κ1) is 11.5. The highest BCUT2D eigenvalue weighted by molar-refractivity contribution is 5.91. The maximum atomic E-state index is 11.4. The summed E-state index contributed by atoms with van der Waals surface area (Å²) < 4.78 is 9.97. The number of aryl methyl sites for hydroxylation is 1. The van der Waals surface area contributed by atoms with Crippen molar-refractivity contribution in [1.82, 2.24) is 0 Å². The van der Waals surface area contributed by atoms with E-state index in [2.05, 4.69) is 4.74 Å². The Bertz CT molecular complexity index is 350. The van der Waals surface area contributed by atoms with Crippen LogP contribution in [-0.4, -0.2) is 26.2 Å². The molecule has 0 aliphatic rings. The number of ether oxygens (including phenoxy) is 2. The minimum Gasteiger partial charge on any atom is -0.492 e. The quantitative estimate of drug-likeness (QED) is 0.755. The van der Waals surface area contributed by atoms with Crippen LogP contribution in [0, 0.1) is 6.92 Å². The van der Waals surface area contributed by atoms with E-state index >= 15 is 0 Å². The first-order valence-corrected chi connectivity index (χ1v) is 4.71. The monoisotopic (exact) mass is 209 g/mol. The SMILES string of the molecule is COC(=O)c1cc(OCCN)ccc1C. The molecule has 0 saturated carbocycles. The van der Waals surface area contributed by atoms with Gasteiger partial charge in [0.25, 0.3) is 0 Å². The fraction of sp³-hybridized carbons (Fsp3) is 0.364. The molecule has 0 aliphatic carbocycles. The Morgan fingerprint density at radius 2 is 2.20 bits per heavy atom. The molecular formula is C11H15NO3. The number of esters is 1. The Morgan fingerprint density at radius 1 is 1.47 bits per heavy atom. The molecule has 82 valence electrons. The molecule has 1 aromatic carbocycles. The lowest BCUT2D eigenvalue weighted by Crippen LogP contribution is -2.11. The Morgan fingerprint density at radius 3 is 2.80 bits per heavy atom. The zero-order valence-electron chi connectivity index (χ0n) is 8.95. The lowest BCUT2D eigenvalue weighted by molar-refractivity contribution is 0.0599. The number of rotatable bonds is 4. The largest absolute Gasteiger partial charge is 0.492 e. The standard InChI is InChI=1S/C11H15NO3/c1-8-3-4-9(15-6-5-12)7-10(8)11(13)14-2/h3-4,7H,5-6,12H2,1-2H3. The van der Waals surface area contributed by atoms with E-state index in [0.29, 0.717) is 24.5 Å². The molecule has 4 heteroatoms. The Kier molecular flexibility index (Phi) is 4.12. The second-order valence-electron chi connectivity index (χ2n) is 3.11. The molecule has 0 heterocycles. The molecule has 0 spiro atoms. The van der Waals surface area contributed by atoms with E-state index in [4.69, 9.17) is 10.5 Å². The van der Waals surface area contributed by atoms with E-state index in [1.807, 2.05) is 13.0 Å². The summed E-state index contributed by atoms with van der Waals surface area (Å²) >= 11 is 0. The molecular weight excluding hydrogens is 194 g/mol. The smallest absolute Gasteiger partial charge is 0.338 e. The Balaban J connectivity index is 2.89. The molecule has 0 aliphatic heterocycles. The van der Waals surface area contributed by atoms with Gasteiger partial charge in [-0.2, -0.15) is 0 Å². The summed E-state index contributed by atoms with van der Waals surface area (Å²) in [6.45, 7) is 2.73. The maximum absolute atomic E-state index is 11.4. The normalized spacial score (nSPS) is 9.80. The predicted octanol–water partition coefficient (Wildman–Crippen LogP) is 1.12. The summed E-state index contributed by atoms with van der Waals surface area (Å²) in [5, 5.41) is 0. The molecule has 1 aromatic rings. The van der Waals surface area contributed by atoms with Gasteiger partial charge in [0.15, 0.2) is 0 Å². The van der Waals surface area contributed by atoms with E-state index in [9.17, 15) is 4.79 Å². The number of hydrogen-bond donors (Lipinski definition) is 1. The highest BCUT2D eigenvalue weighted by Crippen LogP contribution is 2.17. The number of carbonyl (C=O) groups excluding carboxylic acids is 1. The lowest BCUT2D eigenvalue weighted by atomic mass is 10.1. The Labute approximate surface area is 89.0 Å². The highest BCUT2D eigenvalue weighted by Gasteiger charge is 2.09. The van der Waals surface area contributed by atoms with Gasteiger partial charge in [-0.25, -0.2) is 4.79 Å². The number of benzene rings is 1. The third kappa shape index (κ3) is 2.95. The molecule has 2 N–H and O–H groups in total. The van der Waals surface area contributed by atoms with Crippen LogP contribution in [-0.2, 0) is 4.74 Å². The van der Waals surface area contributed by atoms with Crippen molar-refractivity contribution in [2.45, 2.75) is 6.92 Å². The third-order valence-corrected chi connectivity index (χ3v) is 2.00. The number of hydrogen-bond acceptors (Lipinski definition) is 4. The van der Waals surface area contributed by atoms with Gasteiger partial charge in [-0.3, -0.25) is 0 Å². The molecule has 0 atom stereocenters. The topological polar surface area (TPSA) is 61.5 Å². The van der Waals surface area contributed by atoms with Crippen LogP contribution in [0.2, 0.25) is 0 Å². The molecule has 0 fully saturated rings. The maximum Gasteiger partial charge on any atom is 0.338 e. The van der Waals surface area contributed by atoms with Gasteiger partial charge < -0.3 is 15.2 Å². The van der Waals surface area contributed by atoms with E-state index in [0.717, 1.165) is 5.56 Å². The summed E-state index contributed by atoms with van der Waals surface area (Å²) in [7, 11) is 1.36. The summed E-state index contributed by atoms with van der Waals surface area (Å²) in [5.74, 6) is 0.275. The van der Waals surface area contributed by atoms with Gasteiger partial charge in [0.2, 0.25) is 0 Å². The molecule has 0 aromatic heterocycles. The van der Waals surface area contributed by atoms with Crippen molar-refractivity contribution < 1.29 is 14.3 Å². The van der Waals surface area contributed by atoms with Crippen LogP contribution in [0.15, 0.2) is 18.2 Å². The molecule has 0 radical (unpaired) electrons. The van der Waals surface area contributed by atoms with Crippen molar-refractivity contribution in [3.05, 3.63) is 29.3 Å². The van der Waals surface area contributed by atoms with Crippen molar-refractivity contribution in [2.75, 3.05) is 20.3 Å². The third-order valence-electron chi connectivity index (χ3n) is 2.00. The summed E-state index contributed by atoms with van der Waals surface area (Å²) in [5.41, 5.74) is 6.70. The van der Waals surface area contributed by atoms with Crippen LogP contribution in [0.4, 0.5) is 0 Å². The first-order chi connectivity index (χ1) is 7.19. The lowest BCUT2D eigenvalue weighted by Gasteiger charge is -2.08. The van der Waals surface area contributed by atoms with Gasteiger partial charge in [-0.15, -0.1) is 0 Å². The second kappa shape index (κ2) is 5.36. The fourth-order valence-corrected chi connectivity index (χ4v) is 1.20. The van der Waals surface area contributed by atoms with Crippen LogP contribution >= 0.6 is 0 Å². The van der Waals surface area contributed by atoms with Crippen LogP contribution in [0.1, 0.15) is 15.9 Å².